The zero-order valence-electron chi connectivity index (χ0n) is 4.70. The molecule has 0 aliphatic carbocycles. The second-order valence-electron chi connectivity index (χ2n) is 0. The quantitative estimate of drug-likeness (QED) is 0.357. The summed E-state index contributed by atoms with van der Waals surface area (Å²) >= 11 is 0. The van der Waals surface area contributed by atoms with E-state index in [4.69, 9.17) is 0 Å². The molecule has 0 aliphatic heterocycles. The van der Waals surface area contributed by atoms with Crippen LogP contribution in [0.1, 0.15) is 0 Å². The van der Waals surface area contributed by atoms with Crippen LogP contribution < -0.4 is 0 Å². The SMILES string of the molecule is O.O.O.O.O.O.[Fe+3].[OH-].[OH-].[OH-]. The third-order valence-electron chi connectivity index (χ3n) is 0. The molecule has 10 heteroatoms. The van der Waals surface area contributed by atoms with E-state index in [1.54, 1.807) is 0 Å². The van der Waals surface area contributed by atoms with Gasteiger partial charge in [-0.3, -0.25) is 0 Å². The summed E-state index contributed by atoms with van der Waals surface area (Å²) in [5.74, 6) is 0. The Hall–Kier alpha value is 0.159. The fourth-order valence-electron chi connectivity index (χ4n) is 0. The summed E-state index contributed by atoms with van der Waals surface area (Å²) in [5, 5.41) is 0. The van der Waals surface area contributed by atoms with Crippen molar-refractivity contribution in [3.63, 3.8) is 0 Å². The molecule has 0 saturated heterocycles. The van der Waals surface area contributed by atoms with Gasteiger partial charge in [0.15, 0.2) is 0 Å². The predicted molar refractivity (Wildman–Crippen MR) is 27.5 cm³/mol. The van der Waals surface area contributed by atoms with Crippen molar-refractivity contribution >= 4 is 0 Å². The van der Waals surface area contributed by atoms with Gasteiger partial charge in [-0.15, -0.1) is 0 Å². The fourth-order valence-corrected chi connectivity index (χ4v) is 0. The Morgan fingerprint density at radius 1 is 0.300 bits per heavy atom. The molecule has 0 bridgehead atoms. The summed E-state index contributed by atoms with van der Waals surface area (Å²) in [5.41, 5.74) is 0. The van der Waals surface area contributed by atoms with Gasteiger partial charge in [0, 0.05) is 0 Å². The van der Waals surface area contributed by atoms with Gasteiger partial charge in [-0.25, -0.2) is 0 Å². The normalized spacial score (nSPS) is 0. The van der Waals surface area contributed by atoms with Crippen molar-refractivity contribution in [3.05, 3.63) is 0 Å². The van der Waals surface area contributed by atoms with E-state index < -0.39 is 0 Å². The molecule has 0 heterocycles. The molecule has 0 atom stereocenters. The van der Waals surface area contributed by atoms with Gasteiger partial charge in [0.2, 0.25) is 0 Å². The van der Waals surface area contributed by atoms with Crippen LogP contribution in [0.25, 0.3) is 0 Å². The average molecular weight is 215 g/mol. The van der Waals surface area contributed by atoms with Crippen molar-refractivity contribution in [2.45, 2.75) is 0 Å². The first-order valence-electron chi connectivity index (χ1n) is 0. The molecule has 0 rings (SSSR count). The second-order valence-corrected chi connectivity index (χ2v) is 0. The van der Waals surface area contributed by atoms with Crippen LogP contribution in [0.2, 0.25) is 0 Å². The standard InChI is InChI=1S/Fe.9H2O/h;9*1H2/q+3;;;;;;;;;/p-3. The molecule has 10 heavy (non-hydrogen) atoms. The van der Waals surface area contributed by atoms with Crippen molar-refractivity contribution in [1.82, 2.24) is 0 Å². The van der Waals surface area contributed by atoms with E-state index in [0.29, 0.717) is 0 Å². The molecule has 0 fully saturated rings. The van der Waals surface area contributed by atoms with Gasteiger partial charge < -0.3 is 49.3 Å². The first-order chi connectivity index (χ1) is 0. The minimum Gasteiger partial charge on any atom is -0.870 e. The summed E-state index contributed by atoms with van der Waals surface area (Å²) < 4.78 is 0. The minimum atomic E-state index is 0. The molecule has 0 aromatic heterocycles. The summed E-state index contributed by atoms with van der Waals surface area (Å²) in [7, 11) is 0. The second kappa shape index (κ2) is 24000. The van der Waals surface area contributed by atoms with E-state index in [0.717, 1.165) is 0 Å². The molecule has 9 nitrogen and oxygen atoms in total. The maximum atomic E-state index is 0. The molecule has 0 aromatic rings. The van der Waals surface area contributed by atoms with E-state index in [1.165, 1.54) is 0 Å². The van der Waals surface area contributed by atoms with Crippen LogP contribution in [0.4, 0.5) is 0 Å². The Kier molecular flexibility index (Phi) is 80300000. The van der Waals surface area contributed by atoms with E-state index in [-0.39, 0.29) is 66.4 Å². The molecule has 0 aromatic carbocycles. The maximum Gasteiger partial charge on any atom is 3.00 e. The largest absolute Gasteiger partial charge is 3.00 e. The molecule has 0 aliphatic rings. The van der Waals surface area contributed by atoms with Gasteiger partial charge in [-0.05, 0) is 0 Å². The molecular weight excluding hydrogens is 200 g/mol. The van der Waals surface area contributed by atoms with Gasteiger partial charge in [0.05, 0.1) is 0 Å². The smallest absolute Gasteiger partial charge is 0.870 e. The molecule has 77 valence electrons. The van der Waals surface area contributed by atoms with Crippen molar-refractivity contribution in [2.75, 3.05) is 0 Å². The third kappa shape index (κ3) is 16400. The van der Waals surface area contributed by atoms with Gasteiger partial charge >= 0.3 is 17.1 Å². The van der Waals surface area contributed by atoms with Crippen LogP contribution in [0.3, 0.4) is 0 Å². The fraction of sp³-hybridized carbons (Fsp3) is 0. The van der Waals surface area contributed by atoms with Crippen molar-refractivity contribution in [2.24, 2.45) is 0 Å². The van der Waals surface area contributed by atoms with E-state index in [1.807, 2.05) is 0 Å². The van der Waals surface area contributed by atoms with Crippen LogP contribution in [-0.4, -0.2) is 49.3 Å². The van der Waals surface area contributed by atoms with E-state index in [9.17, 15) is 0 Å². The Bertz CT molecular complexity index is 4.69. The van der Waals surface area contributed by atoms with Crippen molar-refractivity contribution in [3.8, 4) is 0 Å². The number of hydrogen-bond donors (Lipinski definition) is 0. The zero-order valence-corrected chi connectivity index (χ0v) is 5.80. The first kappa shape index (κ1) is 33500. The Labute approximate surface area is 67.3 Å². The van der Waals surface area contributed by atoms with Gasteiger partial charge in [0.25, 0.3) is 0 Å². The zero-order chi connectivity index (χ0) is 0. The summed E-state index contributed by atoms with van der Waals surface area (Å²) in [6.45, 7) is 0. The van der Waals surface area contributed by atoms with E-state index in [2.05, 4.69) is 0 Å². The van der Waals surface area contributed by atoms with Crippen LogP contribution in [0, 0.1) is 0 Å². The molecule has 0 amide bonds. The average Bonchev–Trinajstić information content (AvgIpc) is 0. The van der Waals surface area contributed by atoms with Crippen LogP contribution in [-0.2, 0) is 17.1 Å². The van der Waals surface area contributed by atoms with Crippen molar-refractivity contribution in [1.29, 1.82) is 0 Å². The molecule has 15 N–H and O–H groups in total. The van der Waals surface area contributed by atoms with Gasteiger partial charge in [-0.1, -0.05) is 0 Å². The number of rotatable bonds is 0. The minimum absolute atomic E-state index is 0. The molecular formula is H15FeO9. The number of hydrogen-bond acceptors (Lipinski definition) is 3. The first-order valence-corrected chi connectivity index (χ1v) is 0. The van der Waals surface area contributed by atoms with Crippen LogP contribution in [0.5, 0.6) is 0 Å². The molecule has 0 spiro atoms. The van der Waals surface area contributed by atoms with Crippen LogP contribution in [0.15, 0.2) is 0 Å². The Morgan fingerprint density at radius 2 is 0.300 bits per heavy atom. The Balaban J connectivity index is 0. The Morgan fingerprint density at radius 3 is 0.300 bits per heavy atom. The van der Waals surface area contributed by atoms with Crippen LogP contribution >= 0.6 is 0 Å². The van der Waals surface area contributed by atoms with Crippen molar-refractivity contribution < 1.29 is 66.4 Å². The summed E-state index contributed by atoms with van der Waals surface area (Å²) in [6.07, 6.45) is 0. The van der Waals surface area contributed by atoms with Gasteiger partial charge in [-0.2, -0.15) is 0 Å². The summed E-state index contributed by atoms with van der Waals surface area (Å²) in [6, 6.07) is 0. The van der Waals surface area contributed by atoms with E-state index >= 15 is 0 Å². The monoisotopic (exact) mass is 215 g/mol. The maximum absolute atomic E-state index is 0. The topological polar surface area (TPSA) is 279 Å². The molecule has 1 radical (unpaired) electrons. The summed E-state index contributed by atoms with van der Waals surface area (Å²) in [4.78, 5) is 0. The third-order valence-corrected chi connectivity index (χ3v) is 0. The molecule has 0 unspecified atom stereocenters. The predicted octanol–water partition coefficient (Wildman–Crippen LogP) is -5.48. The van der Waals surface area contributed by atoms with Gasteiger partial charge in [0.1, 0.15) is 0 Å². The molecule has 0 saturated carbocycles.